The molecule has 1 heterocycles. The fraction of sp³-hybridized carbons (Fsp3) is 0.353. The van der Waals surface area contributed by atoms with Crippen molar-refractivity contribution in [1.29, 1.82) is 0 Å². The van der Waals surface area contributed by atoms with E-state index in [0.29, 0.717) is 0 Å². The third-order valence-electron chi connectivity index (χ3n) is 3.24. The molecule has 0 atom stereocenters. The van der Waals surface area contributed by atoms with E-state index in [2.05, 4.69) is 5.10 Å². The van der Waals surface area contributed by atoms with Gasteiger partial charge in [-0.2, -0.15) is 5.10 Å². The number of aromatic nitrogens is 2. The van der Waals surface area contributed by atoms with Gasteiger partial charge in [0.15, 0.2) is 0 Å². The fourth-order valence-electron chi connectivity index (χ4n) is 2.18. The highest BCUT2D eigenvalue weighted by Crippen LogP contribution is 2.24. The predicted molar refractivity (Wildman–Crippen MR) is 86.4 cm³/mol. The SMILES string of the molecule is COc1cc(F)c(Cn2nccc2C(=O)OC(C)(C)C)cc1C(=O)O. The molecule has 0 saturated carbocycles. The first-order chi connectivity index (χ1) is 11.6. The van der Waals surface area contributed by atoms with Crippen molar-refractivity contribution in [1.82, 2.24) is 9.78 Å². The number of hydrogen-bond acceptors (Lipinski definition) is 5. The van der Waals surface area contributed by atoms with Crippen LogP contribution in [0.25, 0.3) is 0 Å². The minimum absolute atomic E-state index is 0.0618. The molecule has 0 aliphatic carbocycles. The lowest BCUT2D eigenvalue weighted by atomic mass is 10.1. The van der Waals surface area contributed by atoms with Crippen molar-refractivity contribution in [3.63, 3.8) is 0 Å². The number of carbonyl (C=O) groups excluding carboxylic acids is 1. The number of esters is 1. The summed E-state index contributed by atoms with van der Waals surface area (Å²) in [6.07, 6.45) is 1.39. The van der Waals surface area contributed by atoms with E-state index in [1.807, 2.05) is 0 Å². The quantitative estimate of drug-likeness (QED) is 0.834. The molecule has 0 fully saturated rings. The molecule has 1 N–H and O–H groups in total. The highest BCUT2D eigenvalue weighted by Gasteiger charge is 2.22. The van der Waals surface area contributed by atoms with Crippen molar-refractivity contribution in [2.75, 3.05) is 7.11 Å². The minimum Gasteiger partial charge on any atom is -0.496 e. The van der Waals surface area contributed by atoms with Crippen molar-refractivity contribution in [2.45, 2.75) is 32.9 Å². The van der Waals surface area contributed by atoms with Crippen LogP contribution >= 0.6 is 0 Å². The highest BCUT2D eigenvalue weighted by molar-refractivity contribution is 5.91. The Morgan fingerprint density at radius 3 is 2.56 bits per heavy atom. The normalized spacial score (nSPS) is 11.2. The van der Waals surface area contributed by atoms with E-state index >= 15 is 0 Å². The maximum absolute atomic E-state index is 14.2. The average molecular weight is 350 g/mol. The Bertz CT molecular complexity index is 808. The van der Waals surface area contributed by atoms with Crippen molar-refractivity contribution in [2.24, 2.45) is 0 Å². The summed E-state index contributed by atoms with van der Waals surface area (Å²) >= 11 is 0. The third-order valence-corrected chi connectivity index (χ3v) is 3.24. The summed E-state index contributed by atoms with van der Waals surface area (Å²) in [5.41, 5.74) is -0.660. The molecule has 0 spiro atoms. The number of methoxy groups -OCH3 is 1. The number of carboxylic acids is 1. The molecular weight excluding hydrogens is 331 g/mol. The third kappa shape index (κ3) is 4.34. The Hall–Kier alpha value is -2.90. The predicted octanol–water partition coefficient (Wildman–Crippen LogP) is 2.73. The first-order valence-corrected chi connectivity index (χ1v) is 7.47. The molecular formula is C17H19FN2O5. The molecule has 0 unspecified atom stereocenters. The van der Waals surface area contributed by atoms with Crippen molar-refractivity contribution in [3.8, 4) is 5.75 Å². The average Bonchev–Trinajstić information content (AvgIpc) is 2.95. The molecule has 0 aliphatic rings. The van der Waals surface area contributed by atoms with Gasteiger partial charge in [0, 0.05) is 17.8 Å². The zero-order valence-electron chi connectivity index (χ0n) is 14.4. The molecule has 0 amide bonds. The van der Waals surface area contributed by atoms with Gasteiger partial charge in [-0.15, -0.1) is 0 Å². The van der Waals surface area contributed by atoms with Crippen LogP contribution in [0.3, 0.4) is 0 Å². The van der Waals surface area contributed by atoms with Gasteiger partial charge >= 0.3 is 11.9 Å². The standard InChI is InChI=1S/C17H19FN2O5/c1-17(2,3)25-16(23)13-5-6-19-20(13)9-10-7-11(15(21)22)14(24-4)8-12(10)18/h5-8H,9H2,1-4H3,(H,21,22). The van der Waals surface area contributed by atoms with Crippen LogP contribution in [0, 0.1) is 5.82 Å². The molecule has 1 aromatic heterocycles. The number of ether oxygens (including phenoxy) is 2. The number of benzene rings is 1. The van der Waals surface area contributed by atoms with Gasteiger partial charge in [0.1, 0.15) is 28.4 Å². The van der Waals surface area contributed by atoms with Crippen molar-refractivity contribution in [3.05, 3.63) is 47.0 Å². The van der Waals surface area contributed by atoms with Gasteiger partial charge in [-0.25, -0.2) is 14.0 Å². The van der Waals surface area contributed by atoms with Crippen LogP contribution < -0.4 is 4.74 Å². The second-order valence-corrected chi connectivity index (χ2v) is 6.33. The summed E-state index contributed by atoms with van der Waals surface area (Å²) in [6.45, 7) is 5.06. The molecule has 0 radical (unpaired) electrons. The van der Waals surface area contributed by atoms with Gasteiger partial charge in [0.25, 0.3) is 0 Å². The second kappa shape index (κ2) is 6.92. The Balaban J connectivity index is 2.35. The van der Waals surface area contributed by atoms with E-state index in [1.54, 1.807) is 20.8 Å². The van der Waals surface area contributed by atoms with Gasteiger partial charge in [0.05, 0.1) is 13.7 Å². The fourth-order valence-corrected chi connectivity index (χ4v) is 2.18. The lowest BCUT2D eigenvalue weighted by molar-refractivity contribution is 0.00563. The molecule has 25 heavy (non-hydrogen) atoms. The number of halogens is 1. The lowest BCUT2D eigenvalue weighted by Gasteiger charge is -2.19. The Morgan fingerprint density at radius 2 is 2.00 bits per heavy atom. The lowest BCUT2D eigenvalue weighted by Crippen LogP contribution is -2.26. The van der Waals surface area contributed by atoms with E-state index < -0.39 is 23.4 Å². The highest BCUT2D eigenvalue weighted by atomic mass is 19.1. The number of carboxylic acid groups (broad SMARTS) is 1. The van der Waals surface area contributed by atoms with Gasteiger partial charge in [-0.1, -0.05) is 0 Å². The number of rotatable bonds is 5. The van der Waals surface area contributed by atoms with Crippen molar-refractivity contribution < 1.29 is 28.6 Å². The first kappa shape index (κ1) is 18.4. The van der Waals surface area contributed by atoms with Crippen LogP contribution in [0.2, 0.25) is 0 Å². The minimum atomic E-state index is -1.24. The van der Waals surface area contributed by atoms with Crippen molar-refractivity contribution >= 4 is 11.9 Å². The van der Waals surface area contributed by atoms with Gasteiger partial charge < -0.3 is 14.6 Å². The largest absolute Gasteiger partial charge is 0.496 e. The van der Waals surface area contributed by atoms with E-state index in [9.17, 15) is 19.1 Å². The molecule has 0 saturated heterocycles. The van der Waals surface area contributed by atoms with Crippen LogP contribution in [0.4, 0.5) is 4.39 Å². The molecule has 0 aliphatic heterocycles. The van der Waals surface area contributed by atoms with Crippen LogP contribution in [0.5, 0.6) is 5.75 Å². The monoisotopic (exact) mass is 350 g/mol. The summed E-state index contributed by atoms with van der Waals surface area (Å²) in [5, 5.41) is 13.2. The summed E-state index contributed by atoms with van der Waals surface area (Å²) in [6, 6.07) is 3.61. The summed E-state index contributed by atoms with van der Waals surface area (Å²) in [4.78, 5) is 23.5. The number of hydrogen-bond donors (Lipinski definition) is 1. The zero-order chi connectivity index (χ0) is 18.8. The Morgan fingerprint density at radius 1 is 1.32 bits per heavy atom. The van der Waals surface area contributed by atoms with E-state index in [-0.39, 0.29) is 29.1 Å². The molecule has 7 nitrogen and oxygen atoms in total. The van der Waals surface area contributed by atoms with Crippen LogP contribution in [-0.2, 0) is 11.3 Å². The number of carbonyl (C=O) groups is 2. The molecule has 0 bridgehead atoms. The van der Waals surface area contributed by atoms with Crippen LogP contribution in [0.15, 0.2) is 24.4 Å². The first-order valence-electron chi connectivity index (χ1n) is 7.47. The number of aromatic carboxylic acids is 1. The van der Waals surface area contributed by atoms with E-state index in [0.717, 1.165) is 12.1 Å². The van der Waals surface area contributed by atoms with Crippen LogP contribution in [-0.4, -0.2) is 39.5 Å². The molecule has 8 heteroatoms. The molecule has 2 rings (SSSR count). The Labute approximate surface area is 144 Å². The summed E-state index contributed by atoms with van der Waals surface area (Å²) in [7, 11) is 1.26. The smallest absolute Gasteiger partial charge is 0.357 e. The molecule has 134 valence electrons. The number of nitrogens with zero attached hydrogens (tertiary/aromatic N) is 2. The topological polar surface area (TPSA) is 90.7 Å². The second-order valence-electron chi connectivity index (χ2n) is 6.33. The van der Waals surface area contributed by atoms with E-state index in [4.69, 9.17) is 9.47 Å². The molecule has 1 aromatic carbocycles. The Kier molecular flexibility index (Phi) is 5.10. The van der Waals surface area contributed by atoms with Gasteiger partial charge in [-0.3, -0.25) is 4.68 Å². The van der Waals surface area contributed by atoms with Gasteiger partial charge in [0.2, 0.25) is 0 Å². The maximum Gasteiger partial charge on any atom is 0.357 e. The zero-order valence-corrected chi connectivity index (χ0v) is 14.4. The van der Waals surface area contributed by atoms with Crippen LogP contribution in [0.1, 0.15) is 47.2 Å². The van der Waals surface area contributed by atoms with Gasteiger partial charge in [-0.05, 0) is 32.9 Å². The summed E-state index contributed by atoms with van der Waals surface area (Å²) < 4.78 is 25.7. The van der Waals surface area contributed by atoms with E-state index in [1.165, 1.54) is 24.1 Å². The summed E-state index contributed by atoms with van der Waals surface area (Å²) in [5.74, 6) is -2.59. The maximum atomic E-state index is 14.2. The molecule has 2 aromatic rings.